The highest BCUT2D eigenvalue weighted by Gasteiger charge is 2.30. The molecule has 0 heterocycles. The van der Waals surface area contributed by atoms with Crippen LogP contribution >= 0.6 is 23.2 Å². The van der Waals surface area contributed by atoms with E-state index in [1.54, 1.807) is 0 Å². The summed E-state index contributed by atoms with van der Waals surface area (Å²) in [6.45, 7) is 5.42. The summed E-state index contributed by atoms with van der Waals surface area (Å²) in [6.07, 6.45) is 1.79. The molecule has 1 N–H and O–H groups in total. The number of aryl methyl sites for hydroxylation is 2. The maximum absolute atomic E-state index is 12.9. The molecular formula is C19H22Cl2N2O3S. The van der Waals surface area contributed by atoms with Crippen molar-refractivity contribution < 1.29 is 13.2 Å². The number of hydrogen-bond donors (Lipinski definition) is 1. The number of hydrogen-bond acceptors (Lipinski definition) is 3. The lowest BCUT2D eigenvalue weighted by atomic mass is 10.1. The van der Waals surface area contributed by atoms with E-state index in [9.17, 15) is 13.2 Å². The van der Waals surface area contributed by atoms with Crippen LogP contribution in [0.4, 0.5) is 11.4 Å². The number of amides is 1. The Morgan fingerprint density at radius 1 is 1.19 bits per heavy atom. The average molecular weight is 429 g/mol. The first kappa shape index (κ1) is 21.5. The van der Waals surface area contributed by atoms with Gasteiger partial charge in [-0.3, -0.25) is 9.10 Å². The maximum Gasteiger partial charge on any atom is 0.248 e. The van der Waals surface area contributed by atoms with E-state index in [0.717, 1.165) is 28.1 Å². The summed E-state index contributed by atoms with van der Waals surface area (Å²) >= 11 is 11.9. The van der Waals surface area contributed by atoms with Gasteiger partial charge < -0.3 is 5.32 Å². The molecule has 5 nitrogen and oxygen atoms in total. The predicted octanol–water partition coefficient (Wildman–Crippen LogP) is 4.66. The number of anilines is 2. The third-order valence-electron chi connectivity index (χ3n) is 4.23. The normalized spacial score (nSPS) is 12.5. The van der Waals surface area contributed by atoms with Gasteiger partial charge in [0.05, 0.1) is 22.0 Å². The van der Waals surface area contributed by atoms with Gasteiger partial charge in [0.15, 0.2) is 0 Å². The fourth-order valence-electron chi connectivity index (χ4n) is 2.86. The summed E-state index contributed by atoms with van der Waals surface area (Å²) in [6, 6.07) is 9.21. The van der Waals surface area contributed by atoms with Gasteiger partial charge in [0.25, 0.3) is 0 Å². The van der Waals surface area contributed by atoms with Crippen LogP contribution in [-0.2, 0) is 21.2 Å². The lowest BCUT2D eigenvalue weighted by molar-refractivity contribution is -0.116. The molecule has 146 valence electrons. The second kappa shape index (κ2) is 8.50. The van der Waals surface area contributed by atoms with Gasteiger partial charge in [0.1, 0.15) is 6.04 Å². The SMILES string of the molecule is CCc1cccc(C)c1NC(=O)[C@H](C)N(c1ccc(Cl)c(Cl)c1)S(C)(=O)=O. The second-order valence-electron chi connectivity index (χ2n) is 6.29. The molecule has 0 saturated carbocycles. The Kier molecular flexibility index (Phi) is 6.78. The summed E-state index contributed by atoms with van der Waals surface area (Å²) in [7, 11) is -3.74. The molecule has 8 heteroatoms. The van der Waals surface area contributed by atoms with Crippen LogP contribution in [-0.4, -0.2) is 26.6 Å². The molecule has 2 aromatic rings. The van der Waals surface area contributed by atoms with E-state index in [1.165, 1.54) is 25.1 Å². The van der Waals surface area contributed by atoms with Gasteiger partial charge in [-0.1, -0.05) is 48.3 Å². The smallest absolute Gasteiger partial charge is 0.248 e. The summed E-state index contributed by atoms with van der Waals surface area (Å²) in [5, 5.41) is 3.39. The number of rotatable bonds is 6. The molecular weight excluding hydrogens is 407 g/mol. The molecule has 0 bridgehead atoms. The topological polar surface area (TPSA) is 66.5 Å². The van der Waals surface area contributed by atoms with E-state index >= 15 is 0 Å². The van der Waals surface area contributed by atoms with Gasteiger partial charge in [-0.15, -0.1) is 0 Å². The summed E-state index contributed by atoms with van der Waals surface area (Å²) in [5.41, 5.74) is 2.88. The van der Waals surface area contributed by atoms with Crippen LogP contribution in [0.2, 0.25) is 10.0 Å². The number of nitrogens with zero attached hydrogens (tertiary/aromatic N) is 1. The molecule has 2 aromatic carbocycles. The average Bonchev–Trinajstić information content (AvgIpc) is 2.58. The van der Waals surface area contributed by atoms with Crippen molar-refractivity contribution in [3.63, 3.8) is 0 Å². The van der Waals surface area contributed by atoms with Gasteiger partial charge in [0.2, 0.25) is 15.9 Å². The molecule has 0 aliphatic rings. The van der Waals surface area contributed by atoms with E-state index < -0.39 is 22.0 Å². The molecule has 0 radical (unpaired) electrons. The Morgan fingerprint density at radius 3 is 2.41 bits per heavy atom. The standard InChI is InChI=1S/C19H22Cl2N2O3S/c1-5-14-8-6-7-12(2)18(14)22-19(24)13(3)23(27(4,25)26)15-9-10-16(20)17(21)11-15/h6-11,13H,5H2,1-4H3,(H,22,24)/t13-/m0/s1. The van der Waals surface area contributed by atoms with Crippen LogP contribution in [0.25, 0.3) is 0 Å². The first-order valence-corrected chi connectivity index (χ1v) is 11.0. The number of carbonyl (C=O) groups excluding carboxylic acids is 1. The van der Waals surface area contributed by atoms with Crippen molar-refractivity contribution in [2.24, 2.45) is 0 Å². The fourth-order valence-corrected chi connectivity index (χ4v) is 4.32. The Labute approximate surface area is 170 Å². The van der Waals surface area contributed by atoms with E-state index in [0.29, 0.717) is 10.7 Å². The number of sulfonamides is 1. The van der Waals surface area contributed by atoms with Gasteiger partial charge in [0, 0.05) is 5.69 Å². The predicted molar refractivity (Wildman–Crippen MR) is 112 cm³/mol. The highest BCUT2D eigenvalue weighted by Crippen LogP contribution is 2.30. The Balaban J connectivity index is 2.40. The van der Waals surface area contributed by atoms with Crippen LogP contribution in [0.1, 0.15) is 25.0 Å². The minimum atomic E-state index is -3.74. The molecule has 1 amide bonds. The van der Waals surface area contributed by atoms with Crippen LogP contribution in [0, 0.1) is 6.92 Å². The molecule has 1 atom stereocenters. The van der Waals surface area contributed by atoms with Crippen molar-refractivity contribution in [1.29, 1.82) is 0 Å². The monoisotopic (exact) mass is 428 g/mol. The zero-order valence-corrected chi connectivity index (χ0v) is 17.9. The molecule has 2 rings (SSSR count). The lowest BCUT2D eigenvalue weighted by Gasteiger charge is -2.29. The number of halogens is 2. The van der Waals surface area contributed by atoms with Gasteiger partial charge in [-0.05, 0) is 49.6 Å². The highest BCUT2D eigenvalue weighted by molar-refractivity contribution is 7.92. The lowest BCUT2D eigenvalue weighted by Crippen LogP contribution is -2.45. The third-order valence-corrected chi connectivity index (χ3v) is 6.22. The molecule has 0 saturated heterocycles. The van der Waals surface area contributed by atoms with Crippen molar-refractivity contribution in [2.45, 2.75) is 33.2 Å². The van der Waals surface area contributed by atoms with Crippen LogP contribution in [0.3, 0.4) is 0 Å². The number of nitrogens with one attached hydrogen (secondary N) is 1. The second-order valence-corrected chi connectivity index (χ2v) is 8.96. The molecule has 0 aliphatic heterocycles. The third kappa shape index (κ3) is 4.94. The van der Waals surface area contributed by atoms with Crippen molar-refractivity contribution in [1.82, 2.24) is 0 Å². The molecule has 27 heavy (non-hydrogen) atoms. The minimum Gasteiger partial charge on any atom is -0.324 e. The van der Waals surface area contributed by atoms with Gasteiger partial charge in [-0.2, -0.15) is 0 Å². The first-order valence-electron chi connectivity index (χ1n) is 8.40. The largest absolute Gasteiger partial charge is 0.324 e. The molecule has 0 aromatic heterocycles. The molecule has 0 unspecified atom stereocenters. The summed E-state index contributed by atoms with van der Waals surface area (Å²) < 4.78 is 25.8. The molecule has 0 fully saturated rings. The van der Waals surface area contributed by atoms with Gasteiger partial charge in [-0.25, -0.2) is 8.42 Å². The zero-order valence-electron chi connectivity index (χ0n) is 15.6. The van der Waals surface area contributed by atoms with Crippen molar-refractivity contribution in [2.75, 3.05) is 15.9 Å². The van der Waals surface area contributed by atoms with Gasteiger partial charge >= 0.3 is 0 Å². The van der Waals surface area contributed by atoms with Crippen LogP contribution < -0.4 is 9.62 Å². The number of carbonyl (C=O) groups is 1. The quantitative estimate of drug-likeness (QED) is 0.727. The highest BCUT2D eigenvalue weighted by atomic mass is 35.5. The number of para-hydroxylation sites is 1. The van der Waals surface area contributed by atoms with Crippen LogP contribution in [0.15, 0.2) is 36.4 Å². The molecule has 0 spiro atoms. The Hall–Kier alpha value is -1.76. The minimum absolute atomic E-state index is 0.211. The van der Waals surface area contributed by atoms with E-state index in [-0.39, 0.29) is 10.7 Å². The van der Waals surface area contributed by atoms with Crippen molar-refractivity contribution in [3.05, 3.63) is 57.6 Å². The number of benzene rings is 2. The van der Waals surface area contributed by atoms with E-state index in [4.69, 9.17) is 23.2 Å². The molecule has 0 aliphatic carbocycles. The van der Waals surface area contributed by atoms with E-state index in [2.05, 4.69) is 5.32 Å². The fraction of sp³-hybridized carbons (Fsp3) is 0.316. The van der Waals surface area contributed by atoms with Crippen molar-refractivity contribution >= 4 is 50.5 Å². The van der Waals surface area contributed by atoms with Crippen LogP contribution in [0.5, 0.6) is 0 Å². The van der Waals surface area contributed by atoms with Crippen molar-refractivity contribution in [3.8, 4) is 0 Å². The summed E-state index contributed by atoms with van der Waals surface area (Å²) in [4.78, 5) is 12.9. The zero-order chi connectivity index (χ0) is 20.4. The summed E-state index contributed by atoms with van der Waals surface area (Å²) in [5.74, 6) is -0.435. The Bertz CT molecular complexity index is 961. The van der Waals surface area contributed by atoms with E-state index in [1.807, 2.05) is 32.0 Å². The Morgan fingerprint density at radius 2 is 1.85 bits per heavy atom. The maximum atomic E-state index is 12.9. The first-order chi connectivity index (χ1) is 12.6.